The molecule has 3 aliphatic rings. The van der Waals surface area contributed by atoms with Crippen LogP contribution in [0.15, 0.2) is 30.3 Å². The van der Waals surface area contributed by atoms with E-state index < -0.39 is 0 Å². The number of rotatable bonds is 6. The third kappa shape index (κ3) is 4.21. The molecular formula is C25H36N2O3. The Kier molecular flexibility index (Phi) is 6.64. The highest BCUT2D eigenvalue weighted by atomic mass is 16.6. The van der Waals surface area contributed by atoms with Crippen molar-refractivity contribution < 1.29 is 14.3 Å². The molecule has 0 unspecified atom stereocenters. The predicted octanol–water partition coefficient (Wildman–Crippen LogP) is 4.70. The zero-order valence-corrected chi connectivity index (χ0v) is 18.3. The van der Waals surface area contributed by atoms with Crippen molar-refractivity contribution in [1.29, 1.82) is 0 Å². The van der Waals surface area contributed by atoms with E-state index in [1.165, 1.54) is 5.56 Å². The summed E-state index contributed by atoms with van der Waals surface area (Å²) in [6.07, 6.45) is 9.46. The van der Waals surface area contributed by atoms with E-state index in [4.69, 9.17) is 4.74 Å². The summed E-state index contributed by atoms with van der Waals surface area (Å²) < 4.78 is 6.00. The molecule has 3 fully saturated rings. The van der Waals surface area contributed by atoms with Gasteiger partial charge in [0.15, 0.2) is 0 Å². The molecule has 2 amide bonds. The van der Waals surface area contributed by atoms with Gasteiger partial charge in [0.2, 0.25) is 5.91 Å². The lowest BCUT2D eigenvalue weighted by Gasteiger charge is -2.52. The molecule has 5 heteroatoms. The van der Waals surface area contributed by atoms with Crippen molar-refractivity contribution in [3.05, 3.63) is 35.9 Å². The molecule has 2 saturated heterocycles. The minimum absolute atomic E-state index is 0.0249. The summed E-state index contributed by atoms with van der Waals surface area (Å²) in [5, 5.41) is 2.95. The highest BCUT2D eigenvalue weighted by molar-refractivity contribution is 5.78. The fraction of sp³-hybridized carbons (Fsp3) is 0.680. The first-order valence-corrected chi connectivity index (χ1v) is 11.9. The average molecular weight is 413 g/mol. The van der Waals surface area contributed by atoms with E-state index in [2.05, 4.69) is 29.3 Å². The maximum absolute atomic E-state index is 12.7. The molecule has 1 aliphatic carbocycles. The number of ether oxygens (including phenoxy) is 1. The Morgan fingerprint density at radius 1 is 1.20 bits per heavy atom. The molecule has 2 aliphatic heterocycles. The molecule has 164 valence electrons. The minimum Gasteiger partial charge on any atom is -0.446 e. The first kappa shape index (κ1) is 21.2. The molecule has 0 radical (unpaired) electrons. The van der Waals surface area contributed by atoms with Crippen LogP contribution >= 0.6 is 0 Å². The summed E-state index contributed by atoms with van der Waals surface area (Å²) in [6.45, 7) is 3.72. The van der Waals surface area contributed by atoms with Crippen LogP contribution in [0.3, 0.4) is 0 Å². The number of hydrogen-bond donors (Lipinski definition) is 1. The molecule has 1 saturated carbocycles. The van der Waals surface area contributed by atoms with Crippen molar-refractivity contribution in [2.75, 3.05) is 13.1 Å². The standard InChI is InChI=1S/C25H36N2O3/c1-2-8-20-21-11-6-12-23(28)27-18-7-15-25(21,27)16-13-22(20)30-24(29)26-17-14-19-9-4-3-5-10-19/h3-5,9-10,20-22H,2,6-8,11-18H2,1H3,(H,26,29)/t20-,21+,22+,25-/m1/s1. The van der Waals surface area contributed by atoms with Crippen LogP contribution < -0.4 is 5.32 Å². The van der Waals surface area contributed by atoms with E-state index in [0.717, 1.165) is 64.3 Å². The van der Waals surface area contributed by atoms with Crippen molar-refractivity contribution in [2.24, 2.45) is 11.8 Å². The van der Waals surface area contributed by atoms with Crippen LogP contribution in [0.5, 0.6) is 0 Å². The second-order valence-corrected chi connectivity index (χ2v) is 9.35. The summed E-state index contributed by atoms with van der Waals surface area (Å²) in [5.74, 6) is 1.17. The Bertz CT molecular complexity index is 737. The summed E-state index contributed by atoms with van der Waals surface area (Å²) >= 11 is 0. The normalized spacial score (nSPS) is 30.9. The minimum atomic E-state index is -0.291. The third-order valence-corrected chi connectivity index (χ3v) is 7.69. The SMILES string of the molecule is CCC[C@H]1[C@@H](OC(=O)NCCc2ccccc2)CC[C@@]23CCCN2C(=O)CCC[C@@H]13. The maximum Gasteiger partial charge on any atom is 0.407 e. The van der Waals surface area contributed by atoms with Gasteiger partial charge in [-0.05, 0) is 62.8 Å². The van der Waals surface area contributed by atoms with Gasteiger partial charge in [-0.1, -0.05) is 43.7 Å². The topological polar surface area (TPSA) is 58.6 Å². The summed E-state index contributed by atoms with van der Waals surface area (Å²) in [4.78, 5) is 27.5. The van der Waals surface area contributed by atoms with Gasteiger partial charge >= 0.3 is 6.09 Å². The van der Waals surface area contributed by atoms with Crippen molar-refractivity contribution in [2.45, 2.75) is 82.8 Å². The largest absolute Gasteiger partial charge is 0.446 e. The quantitative estimate of drug-likeness (QED) is 0.737. The molecule has 0 bridgehead atoms. The number of hydrogen-bond acceptors (Lipinski definition) is 3. The molecule has 5 nitrogen and oxygen atoms in total. The number of carbonyl (C=O) groups excluding carboxylic acids is 2. The molecule has 1 aromatic carbocycles. The highest BCUT2D eigenvalue weighted by Crippen LogP contribution is 2.53. The molecule has 30 heavy (non-hydrogen) atoms. The van der Waals surface area contributed by atoms with Gasteiger partial charge in [-0.3, -0.25) is 4.79 Å². The summed E-state index contributed by atoms with van der Waals surface area (Å²) in [7, 11) is 0. The van der Waals surface area contributed by atoms with Crippen molar-refractivity contribution in [3.63, 3.8) is 0 Å². The maximum atomic E-state index is 12.7. The second-order valence-electron chi connectivity index (χ2n) is 9.35. The first-order valence-electron chi connectivity index (χ1n) is 11.9. The monoisotopic (exact) mass is 412 g/mol. The van der Waals surface area contributed by atoms with Gasteiger partial charge in [-0.25, -0.2) is 4.79 Å². The van der Waals surface area contributed by atoms with Gasteiger partial charge in [0.1, 0.15) is 6.10 Å². The van der Waals surface area contributed by atoms with Crippen LogP contribution in [0.1, 0.15) is 70.3 Å². The number of alkyl carbamates (subject to hydrolysis) is 1. The van der Waals surface area contributed by atoms with Gasteiger partial charge < -0.3 is 15.0 Å². The zero-order chi connectivity index (χ0) is 21.0. The number of nitrogens with zero attached hydrogens (tertiary/aromatic N) is 1. The fourth-order valence-corrected chi connectivity index (χ4v) is 6.46. The Balaban J connectivity index is 1.40. The molecule has 1 N–H and O–H groups in total. The Morgan fingerprint density at radius 3 is 2.83 bits per heavy atom. The molecule has 0 aromatic heterocycles. The van der Waals surface area contributed by atoms with Crippen LogP contribution in [-0.2, 0) is 16.0 Å². The van der Waals surface area contributed by atoms with E-state index in [-0.39, 0.29) is 17.7 Å². The fourth-order valence-electron chi connectivity index (χ4n) is 6.46. The molecule has 1 aromatic rings. The lowest BCUT2D eigenvalue weighted by atomic mass is 9.62. The lowest BCUT2D eigenvalue weighted by molar-refractivity contribution is -0.141. The molecular weight excluding hydrogens is 376 g/mol. The van der Waals surface area contributed by atoms with Crippen molar-refractivity contribution in [3.8, 4) is 0 Å². The van der Waals surface area contributed by atoms with Crippen LogP contribution in [0.25, 0.3) is 0 Å². The van der Waals surface area contributed by atoms with E-state index in [1.54, 1.807) is 0 Å². The van der Waals surface area contributed by atoms with Gasteiger partial charge in [-0.15, -0.1) is 0 Å². The Hall–Kier alpha value is -2.04. The van der Waals surface area contributed by atoms with E-state index in [9.17, 15) is 9.59 Å². The van der Waals surface area contributed by atoms with Gasteiger partial charge in [0.25, 0.3) is 0 Å². The number of nitrogens with one attached hydrogen (secondary N) is 1. The van der Waals surface area contributed by atoms with Crippen LogP contribution in [0.4, 0.5) is 4.79 Å². The van der Waals surface area contributed by atoms with Crippen LogP contribution in [-0.4, -0.2) is 41.6 Å². The number of benzene rings is 1. The van der Waals surface area contributed by atoms with Crippen LogP contribution in [0, 0.1) is 11.8 Å². The Labute approximate surface area is 180 Å². The third-order valence-electron chi connectivity index (χ3n) is 7.69. The first-order chi connectivity index (χ1) is 14.6. The van der Waals surface area contributed by atoms with Crippen molar-refractivity contribution >= 4 is 12.0 Å². The van der Waals surface area contributed by atoms with Gasteiger partial charge in [0.05, 0.1) is 0 Å². The van der Waals surface area contributed by atoms with Gasteiger partial charge in [0, 0.05) is 31.0 Å². The predicted molar refractivity (Wildman–Crippen MR) is 117 cm³/mol. The van der Waals surface area contributed by atoms with E-state index in [1.807, 2.05) is 18.2 Å². The number of amides is 2. The van der Waals surface area contributed by atoms with Crippen LogP contribution in [0.2, 0.25) is 0 Å². The van der Waals surface area contributed by atoms with E-state index in [0.29, 0.717) is 30.7 Å². The average Bonchev–Trinajstić information content (AvgIpc) is 3.11. The molecule has 4 atom stereocenters. The second kappa shape index (κ2) is 9.40. The summed E-state index contributed by atoms with van der Waals surface area (Å²) in [5.41, 5.74) is 1.24. The molecule has 2 heterocycles. The zero-order valence-electron chi connectivity index (χ0n) is 18.3. The smallest absolute Gasteiger partial charge is 0.407 e. The van der Waals surface area contributed by atoms with E-state index >= 15 is 0 Å². The van der Waals surface area contributed by atoms with Gasteiger partial charge in [-0.2, -0.15) is 0 Å². The molecule has 4 rings (SSSR count). The lowest BCUT2D eigenvalue weighted by Crippen LogP contribution is -2.58. The molecule has 1 spiro atoms. The number of carbonyl (C=O) groups is 2. The van der Waals surface area contributed by atoms with Crippen molar-refractivity contribution in [1.82, 2.24) is 10.2 Å². The summed E-state index contributed by atoms with van der Waals surface area (Å²) in [6, 6.07) is 10.2. The Morgan fingerprint density at radius 2 is 2.03 bits per heavy atom. The highest BCUT2D eigenvalue weighted by Gasteiger charge is 2.56.